The van der Waals surface area contributed by atoms with E-state index < -0.39 is 0 Å². The van der Waals surface area contributed by atoms with E-state index in [1.807, 2.05) is 6.07 Å². The molecule has 12 heavy (non-hydrogen) atoms. The van der Waals surface area contributed by atoms with Crippen LogP contribution < -0.4 is 0 Å². The number of carbonyl (C=O) groups excluding carboxylic acids is 1. The summed E-state index contributed by atoms with van der Waals surface area (Å²) in [5.74, 6) is 0.278. The minimum atomic E-state index is 0.278. The van der Waals surface area contributed by atoms with Gasteiger partial charge < -0.3 is 0 Å². The van der Waals surface area contributed by atoms with E-state index in [9.17, 15) is 4.79 Å². The molecule has 0 saturated carbocycles. The third kappa shape index (κ3) is 1.02. The van der Waals surface area contributed by atoms with Gasteiger partial charge in [-0.1, -0.05) is 22.0 Å². The van der Waals surface area contributed by atoms with Crippen LogP contribution >= 0.6 is 15.9 Å². The first-order valence-electron chi connectivity index (χ1n) is 4.01. The Bertz CT molecular complexity index is 355. The van der Waals surface area contributed by atoms with E-state index in [4.69, 9.17) is 0 Å². The number of halogens is 1. The lowest BCUT2D eigenvalue weighted by Gasteiger charge is -2.03. The molecule has 0 saturated heterocycles. The number of carbonyl (C=O) groups is 1. The summed E-state index contributed by atoms with van der Waals surface area (Å²) in [4.78, 5) is 11.4. The molecule has 0 atom stereocenters. The number of benzene rings is 1. The molecule has 1 aromatic carbocycles. The number of Topliss-reactive ketones (excluding diaryl/α,β-unsaturated/α-hetero) is 1. The van der Waals surface area contributed by atoms with Crippen molar-refractivity contribution >= 4 is 21.7 Å². The van der Waals surface area contributed by atoms with Crippen molar-refractivity contribution in [2.45, 2.75) is 19.8 Å². The summed E-state index contributed by atoms with van der Waals surface area (Å²) in [6.07, 6.45) is 1.60. The normalized spacial score (nSPS) is 15.0. The molecule has 2 rings (SSSR count). The second kappa shape index (κ2) is 2.70. The maximum absolute atomic E-state index is 11.4. The number of hydrogen-bond acceptors (Lipinski definition) is 1. The fourth-order valence-corrected chi connectivity index (χ4v) is 2.30. The van der Waals surface area contributed by atoms with Gasteiger partial charge in [0.15, 0.2) is 5.78 Å². The second-order valence-electron chi connectivity index (χ2n) is 3.14. The van der Waals surface area contributed by atoms with E-state index in [1.165, 1.54) is 11.1 Å². The van der Waals surface area contributed by atoms with Crippen molar-refractivity contribution < 1.29 is 4.79 Å². The summed E-state index contributed by atoms with van der Waals surface area (Å²) < 4.78 is 0.950. The Morgan fingerprint density at radius 3 is 2.75 bits per heavy atom. The van der Waals surface area contributed by atoms with Crippen LogP contribution in [0.25, 0.3) is 0 Å². The highest BCUT2D eigenvalue weighted by Crippen LogP contribution is 2.31. The quantitative estimate of drug-likeness (QED) is 0.663. The Morgan fingerprint density at radius 1 is 1.33 bits per heavy atom. The number of rotatable bonds is 0. The van der Waals surface area contributed by atoms with E-state index >= 15 is 0 Å². The molecule has 1 aliphatic rings. The van der Waals surface area contributed by atoms with E-state index in [1.54, 1.807) is 0 Å². The molecule has 0 unspecified atom stereocenters. The predicted molar refractivity (Wildman–Crippen MR) is 51.5 cm³/mol. The van der Waals surface area contributed by atoms with Crippen molar-refractivity contribution in [2.75, 3.05) is 0 Å². The van der Waals surface area contributed by atoms with Gasteiger partial charge in [0.2, 0.25) is 0 Å². The first-order valence-corrected chi connectivity index (χ1v) is 4.80. The van der Waals surface area contributed by atoms with Gasteiger partial charge in [-0.3, -0.25) is 4.79 Å². The Labute approximate surface area is 79.9 Å². The van der Waals surface area contributed by atoms with Crippen LogP contribution in [-0.2, 0) is 6.42 Å². The maximum Gasteiger partial charge on any atom is 0.164 e. The molecule has 0 aromatic heterocycles. The Hall–Kier alpha value is -0.630. The highest BCUT2D eigenvalue weighted by atomic mass is 79.9. The fourth-order valence-electron chi connectivity index (χ4n) is 1.71. The lowest BCUT2D eigenvalue weighted by atomic mass is 10.0. The summed E-state index contributed by atoms with van der Waals surface area (Å²) in [5.41, 5.74) is 3.38. The highest BCUT2D eigenvalue weighted by Gasteiger charge is 2.23. The van der Waals surface area contributed by atoms with Crippen LogP contribution in [0, 0.1) is 6.92 Å². The molecular formula is C10H9BrO. The monoisotopic (exact) mass is 224 g/mol. The average molecular weight is 225 g/mol. The number of hydrogen-bond donors (Lipinski definition) is 0. The minimum Gasteiger partial charge on any atom is -0.294 e. The number of ketones is 1. The molecule has 0 radical (unpaired) electrons. The zero-order chi connectivity index (χ0) is 8.72. The minimum absolute atomic E-state index is 0.278. The predicted octanol–water partition coefficient (Wildman–Crippen LogP) is 2.89. The molecule has 0 aliphatic heterocycles. The van der Waals surface area contributed by atoms with Crippen LogP contribution in [0.4, 0.5) is 0 Å². The van der Waals surface area contributed by atoms with Crippen LogP contribution in [0.15, 0.2) is 16.6 Å². The van der Waals surface area contributed by atoms with Gasteiger partial charge in [-0.05, 0) is 30.5 Å². The summed E-state index contributed by atoms with van der Waals surface area (Å²) in [7, 11) is 0. The van der Waals surface area contributed by atoms with Gasteiger partial charge in [0, 0.05) is 16.5 Å². The molecule has 1 nitrogen and oxygen atoms in total. The summed E-state index contributed by atoms with van der Waals surface area (Å²) >= 11 is 3.40. The molecule has 0 heterocycles. The smallest absolute Gasteiger partial charge is 0.164 e. The van der Waals surface area contributed by atoms with Gasteiger partial charge in [-0.2, -0.15) is 0 Å². The molecule has 0 N–H and O–H groups in total. The van der Waals surface area contributed by atoms with Crippen molar-refractivity contribution in [1.82, 2.24) is 0 Å². The third-order valence-electron chi connectivity index (χ3n) is 2.38. The lowest BCUT2D eigenvalue weighted by molar-refractivity contribution is 0.0994. The summed E-state index contributed by atoms with van der Waals surface area (Å²) in [5, 5.41) is 0. The molecule has 2 heteroatoms. The van der Waals surface area contributed by atoms with Crippen LogP contribution in [-0.4, -0.2) is 5.78 Å². The number of aryl methyl sites for hydroxylation is 1. The Morgan fingerprint density at radius 2 is 2.08 bits per heavy atom. The summed E-state index contributed by atoms with van der Waals surface area (Å²) in [6.45, 7) is 2.06. The zero-order valence-electron chi connectivity index (χ0n) is 6.86. The van der Waals surface area contributed by atoms with Gasteiger partial charge in [-0.15, -0.1) is 0 Å². The Balaban J connectivity index is 2.72. The van der Waals surface area contributed by atoms with E-state index in [2.05, 4.69) is 28.9 Å². The van der Waals surface area contributed by atoms with E-state index in [0.717, 1.165) is 16.5 Å². The molecule has 0 bridgehead atoms. The molecule has 0 amide bonds. The van der Waals surface area contributed by atoms with Crippen LogP contribution in [0.1, 0.15) is 27.9 Å². The molecule has 1 aromatic rings. The van der Waals surface area contributed by atoms with Gasteiger partial charge in [0.1, 0.15) is 0 Å². The first-order chi connectivity index (χ1) is 5.70. The fraction of sp³-hybridized carbons (Fsp3) is 0.300. The highest BCUT2D eigenvalue weighted by molar-refractivity contribution is 9.10. The van der Waals surface area contributed by atoms with Crippen molar-refractivity contribution in [3.05, 3.63) is 33.3 Å². The molecule has 0 fully saturated rings. The topological polar surface area (TPSA) is 17.1 Å². The molecule has 62 valence electrons. The molecule has 0 spiro atoms. The van der Waals surface area contributed by atoms with Crippen molar-refractivity contribution in [1.29, 1.82) is 0 Å². The van der Waals surface area contributed by atoms with Gasteiger partial charge in [-0.25, -0.2) is 0 Å². The number of fused-ring (bicyclic) bond motifs is 1. The summed E-state index contributed by atoms with van der Waals surface area (Å²) in [6, 6.07) is 4.01. The van der Waals surface area contributed by atoms with Crippen LogP contribution in [0.2, 0.25) is 0 Å². The molecule has 1 aliphatic carbocycles. The van der Waals surface area contributed by atoms with Gasteiger partial charge in [0.05, 0.1) is 0 Å². The van der Waals surface area contributed by atoms with E-state index in [-0.39, 0.29) is 5.78 Å². The SMILES string of the molecule is Cc1ccc(Br)c2c1CCC2=O. The van der Waals surface area contributed by atoms with Crippen LogP contribution in [0.3, 0.4) is 0 Å². The average Bonchev–Trinajstić information content (AvgIpc) is 2.42. The van der Waals surface area contributed by atoms with Crippen LogP contribution in [0.5, 0.6) is 0 Å². The largest absolute Gasteiger partial charge is 0.294 e. The maximum atomic E-state index is 11.4. The lowest BCUT2D eigenvalue weighted by Crippen LogP contribution is -1.93. The van der Waals surface area contributed by atoms with Crippen molar-refractivity contribution in [2.24, 2.45) is 0 Å². The molecular weight excluding hydrogens is 216 g/mol. The van der Waals surface area contributed by atoms with E-state index in [0.29, 0.717) is 6.42 Å². The van der Waals surface area contributed by atoms with Crippen molar-refractivity contribution in [3.63, 3.8) is 0 Å². The zero-order valence-corrected chi connectivity index (χ0v) is 8.44. The third-order valence-corrected chi connectivity index (χ3v) is 3.04. The van der Waals surface area contributed by atoms with Gasteiger partial charge in [0.25, 0.3) is 0 Å². The Kier molecular flexibility index (Phi) is 1.80. The second-order valence-corrected chi connectivity index (χ2v) is 4.00. The van der Waals surface area contributed by atoms with Crippen molar-refractivity contribution in [3.8, 4) is 0 Å². The standard InChI is InChI=1S/C10H9BrO/c1-6-2-4-8(11)10-7(6)3-5-9(10)12/h2,4H,3,5H2,1H3. The first kappa shape index (κ1) is 7.99. The van der Waals surface area contributed by atoms with Gasteiger partial charge >= 0.3 is 0 Å².